The first-order valence-electron chi connectivity index (χ1n) is 6.04. The maximum absolute atomic E-state index is 2.44. The van der Waals surface area contributed by atoms with Crippen molar-refractivity contribution in [3.8, 4) is 0 Å². The molecule has 0 heterocycles. The van der Waals surface area contributed by atoms with E-state index in [2.05, 4.69) is 64.2 Å². The Balaban J connectivity index is 0.00000256. The van der Waals surface area contributed by atoms with Gasteiger partial charge >= 0.3 is 0 Å². The van der Waals surface area contributed by atoms with E-state index in [1.165, 1.54) is 17.8 Å². The monoisotopic (exact) mass is 300 g/mol. The molecular weight excluding hydrogens is 276 g/mol. The number of rotatable bonds is 5. The van der Waals surface area contributed by atoms with Crippen LogP contribution in [0.2, 0.25) is 0 Å². The number of benzene rings is 1. The van der Waals surface area contributed by atoms with Crippen LogP contribution in [0.1, 0.15) is 12.5 Å². The average Bonchev–Trinajstić information content (AvgIpc) is 2.17. The summed E-state index contributed by atoms with van der Waals surface area (Å²) in [6.45, 7) is 7.73. The quantitative estimate of drug-likeness (QED) is 0.665. The van der Waals surface area contributed by atoms with Gasteiger partial charge in [0, 0.05) is 12.2 Å². The van der Waals surface area contributed by atoms with E-state index < -0.39 is 0 Å². The summed E-state index contributed by atoms with van der Waals surface area (Å²) in [7, 11) is 6.72. The number of likely N-dealkylation sites (N-methyl/N-ethyl adjacent to an activating group) is 2. The minimum absolute atomic E-state index is 0. The van der Waals surface area contributed by atoms with Gasteiger partial charge in [-0.1, -0.05) is 12.1 Å². The number of hydrogen-bond acceptors (Lipinski definition) is 1. The van der Waals surface area contributed by atoms with Crippen LogP contribution in [0.25, 0.3) is 0 Å². The Morgan fingerprint density at radius 1 is 1.18 bits per heavy atom. The molecule has 0 N–H and O–H groups in total. The Morgan fingerprint density at radius 2 is 1.82 bits per heavy atom. The predicted octanol–water partition coefficient (Wildman–Crippen LogP) is -0.468. The molecule has 0 amide bonds. The largest absolute Gasteiger partial charge is 1.00 e. The molecule has 0 saturated heterocycles. The summed E-state index contributed by atoms with van der Waals surface area (Å²) >= 11 is 0. The Hall–Kier alpha value is -0.540. The van der Waals surface area contributed by atoms with Gasteiger partial charge < -0.3 is 26.4 Å². The number of nitrogens with zero attached hydrogens (tertiary/aromatic N) is 2. The van der Waals surface area contributed by atoms with Crippen LogP contribution in [0.3, 0.4) is 0 Å². The molecule has 0 unspecified atom stereocenters. The number of hydrogen-bond donors (Lipinski definition) is 0. The average molecular weight is 301 g/mol. The second kappa shape index (κ2) is 7.02. The molecule has 0 saturated carbocycles. The maximum atomic E-state index is 2.44. The first kappa shape index (κ1) is 16.5. The molecule has 17 heavy (non-hydrogen) atoms. The summed E-state index contributed by atoms with van der Waals surface area (Å²) in [5.41, 5.74) is 2.68. The molecule has 1 rings (SSSR count). The van der Waals surface area contributed by atoms with Crippen molar-refractivity contribution in [1.82, 2.24) is 0 Å². The predicted molar refractivity (Wildman–Crippen MR) is 72.0 cm³/mol. The highest BCUT2D eigenvalue weighted by atomic mass is 79.9. The van der Waals surface area contributed by atoms with Crippen LogP contribution in [-0.4, -0.2) is 45.3 Å². The first-order chi connectivity index (χ1) is 7.42. The Bertz CT molecular complexity index is 331. The van der Waals surface area contributed by atoms with Gasteiger partial charge in [-0.15, -0.1) is 0 Å². The SMILES string of the molecule is CCN(CC[N+](C)(C)C)c1cccc(C)c1.[Br-]. The lowest BCUT2D eigenvalue weighted by Crippen LogP contribution is -3.00. The van der Waals surface area contributed by atoms with E-state index in [1.54, 1.807) is 0 Å². The van der Waals surface area contributed by atoms with E-state index in [-0.39, 0.29) is 17.0 Å². The van der Waals surface area contributed by atoms with Gasteiger partial charge in [-0.2, -0.15) is 0 Å². The number of aryl methyl sites for hydroxylation is 1. The maximum Gasteiger partial charge on any atom is 0.0958 e. The van der Waals surface area contributed by atoms with Crippen molar-refractivity contribution in [3.05, 3.63) is 29.8 Å². The van der Waals surface area contributed by atoms with Crippen LogP contribution in [0.15, 0.2) is 24.3 Å². The van der Waals surface area contributed by atoms with E-state index in [0.717, 1.165) is 17.6 Å². The fourth-order valence-electron chi connectivity index (χ4n) is 1.72. The van der Waals surface area contributed by atoms with Gasteiger partial charge in [0.15, 0.2) is 0 Å². The summed E-state index contributed by atoms with van der Waals surface area (Å²) in [6.07, 6.45) is 0. The Morgan fingerprint density at radius 3 is 2.29 bits per heavy atom. The summed E-state index contributed by atoms with van der Waals surface area (Å²) in [6, 6.07) is 8.75. The zero-order chi connectivity index (χ0) is 12.2. The molecule has 2 nitrogen and oxygen atoms in total. The van der Waals surface area contributed by atoms with Gasteiger partial charge in [-0.25, -0.2) is 0 Å². The lowest BCUT2D eigenvalue weighted by molar-refractivity contribution is -0.868. The summed E-state index contributed by atoms with van der Waals surface area (Å²) in [5.74, 6) is 0. The Kier molecular flexibility index (Phi) is 6.80. The highest BCUT2D eigenvalue weighted by molar-refractivity contribution is 5.48. The van der Waals surface area contributed by atoms with Crippen molar-refractivity contribution in [2.24, 2.45) is 0 Å². The third-order valence-electron chi connectivity index (χ3n) is 2.79. The highest BCUT2D eigenvalue weighted by Gasteiger charge is 2.11. The molecule has 0 fully saturated rings. The number of quaternary nitrogens is 1. The topological polar surface area (TPSA) is 3.24 Å². The molecule has 0 aromatic heterocycles. The highest BCUT2D eigenvalue weighted by Crippen LogP contribution is 2.15. The van der Waals surface area contributed by atoms with Crippen LogP contribution < -0.4 is 21.9 Å². The fourth-order valence-corrected chi connectivity index (χ4v) is 1.72. The smallest absolute Gasteiger partial charge is 0.0958 e. The van der Waals surface area contributed by atoms with Gasteiger partial charge in [0.25, 0.3) is 0 Å². The summed E-state index contributed by atoms with van der Waals surface area (Å²) in [4.78, 5) is 2.44. The molecule has 0 bridgehead atoms. The zero-order valence-electron chi connectivity index (χ0n) is 11.7. The number of anilines is 1. The van der Waals surface area contributed by atoms with Crippen LogP contribution in [0.4, 0.5) is 5.69 Å². The zero-order valence-corrected chi connectivity index (χ0v) is 13.3. The molecule has 1 aromatic carbocycles. The van der Waals surface area contributed by atoms with Gasteiger partial charge in [0.2, 0.25) is 0 Å². The normalized spacial score (nSPS) is 10.9. The van der Waals surface area contributed by atoms with Crippen molar-refractivity contribution in [2.45, 2.75) is 13.8 Å². The third kappa shape index (κ3) is 6.08. The standard InChI is InChI=1S/C14H25N2.BrH/c1-6-15(10-11-16(3,4)5)14-9-7-8-13(2)12-14;/h7-9,12H,6,10-11H2,1-5H3;1H/q+1;/p-1. The molecule has 98 valence electrons. The van der Waals surface area contributed by atoms with Gasteiger partial charge in [-0.05, 0) is 31.5 Å². The van der Waals surface area contributed by atoms with Gasteiger partial charge in [0.1, 0.15) is 0 Å². The molecule has 3 heteroatoms. The molecule has 0 radical (unpaired) electrons. The molecule has 1 aromatic rings. The minimum atomic E-state index is 0. The van der Waals surface area contributed by atoms with Gasteiger partial charge in [-0.3, -0.25) is 0 Å². The molecule has 0 aliphatic heterocycles. The molecule has 0 atom stereocenters. The van der Waals surface area contributed by atoms with Crippen molar-refractivity contribution in [3.63, 3.8) is 0 Å². The second-order valence-corrected chi connectivity index (χ2v) is 5.43. The lowest BCUT2D eigenvalue weighted by Gasteiger charge is -2.29. The number of halogens is 1. The lowest BCUT2D eigenvalue weighted by atomic mass is 10.2. The van der Waals surface area contributed by atoms with E-state index in [1.807, 2.05) is 0 Å². The molecule has 0 aliphatic carbocycles. The summed E-state index contributed by atoms with van der Waals surface area (Å²) < 4.78 is 1.02. The first-order valence-corrected chi connectivity index (χ1v) is 6.04. The molecule has 0 spiro atoms. The van der Waals surface area contributed by atoms with Crippen LogP contribution >= 0.6 is 0 Å². The van der Waals surface area contributed by atoms with E-state index in [0.29, 0.717) is 0 Å². The van der Waals surface area contributed by atoms with E-state index in [9.17, 15) is 0 Å². The van der Waals surface area contributed by atoms with Crippen LogP contribution in [0.5, 0.6) is 0 Å². The molecule has 0 aliphatic rings. The Labute approximate surface area is 117 Å². The van der Waals surface area contributed by atoms with Crippen molar-refractivity contribution < 1.29 is 21.5 Å². The fraction of sp³-hybridized carbons (Fsp3) is 0.571. The van der Waals surface area contributed by atoms with E-state index >= 15 is 0 Å². The summed E-state index contributed by atoms with van der Waals surface area (Å²) in [5, 5.41) is 0. The third-order valence-corrected chi connectivity index (χ3v) is 2.79. The van der Waals surface area contributed by atoms with Crippen molar-refractivity contribution in [1.29, 1.82) is 0 Å². The van der Waals surface area contributed by atoms with Crippen LogP contribution in [0, 0.1) is 6.92 Å². The minimum Gasteiger partial charge on any atom is -1.00 e. The van der Waals surface area contributed by atoms with E-state index in [4.69, 9.17) is 0 Å². The van der Waals surface area contributed by atoms with Crippen LogP contribution in [-0.2, 0) is 0 Å². The van der Waals surface area contributed by atoms with Crippen molar-refractivity contribution in [2.75, 3.05) is 45.7 Å². The molecular formula is C14H25BrN2. The van der Waals surface area contributed by atoms with Crippen molar-refractivity contribution >= 4 is 5.69 Å². The van der Waals surface area contributed by atoms with Gasteiger partial charge in [0.05, 0.1) is 34.2 Å². The second-order valence-electron chi connectivity index (χ2n) is 5.43.